The molecule has 1 saturated heterocycles. The first-order valence-corrected chi connectivity index (χ1v) is 14.5. The van der Waals surface area contributed by atoms with Crippen molar-refractivity contribution in [3.05, 3.63) is 65.4 Å². The Hall–Kier alpha value is -3.08. The normalized spacial score (nSPS) is 33.7. The number of benzene rings is 2. The minimum absolute atomic E-state index is 0.00369. The Morgan fingerprint density at radius 1 is 0.895 bits per heavy atom. The fourth-order valence-electron chi connectivity index (χ4n) is 8.57. The molecule has 0 amide bonds. The number of nitrogens with zero attached hydrogens (tertiary/aromatic N) is 1. The summed E-state index contributed by atoms with van der Waals surface area (Å²) >= 11 is 0. The Labute approximate surface area is 224 Å². The number of rotatable bonds is 4. The molecule has 5 heteroatoms. The summed E-state index contributed by atoms with van der Waals surface area (Å²) < 4.78 is 12.2. The molecule has 6 aliphatic rings. The minimum atomic E-state index is -1.04. The van der Waals surface area contributed by atoms with Crippen molar-refractivity contribution in [2.45, 2.75) is 76.9 Å². The van der Waals surface area contributed by atoms with E-state index in [-0.39, 0.29) is 22.8 Å². The molecular weight excluding hydrogens is 474 g/mol. The molecule has 4 saturated carbocycles. The van der Waals surface area contributed by atoms with E-state index < -0.39 is 17.7 Å². The first-order chi connectivity index (χ1) is 18.3. The topological polar surface area (TPSA) is 55.8 Å². The molecule has 4 bridgehead atoms. The van der Waals surface area contributed by atoms with Crippen LogP contribution in [0.15, 0.2) is 59.8 Å². The summed E-state index contributed by atoms with van der Waals surface area (Å²) in [4.78, 5) is 29.1. The lowest BCUT2D eigenvalue weighted by molar-refractivity contribution is -0.313. The van der Waals surface area contributed by atoms with Crippen LogP contribution in [0.1, 0.15) is 71.3 Å². The zero-order chi connectivity index (χ0) is 26.2. The Kier molecular flexibility index (Phi) is 5.34. The van der Waals surface area contributed by atoms with Crippen LogP contribution in [0.3, 0.4) is 0 Å². The molecule has 4 aliphatic carbocycles. The van der Waals surface area contributed by atoms with E-state index in [0.29, 0.717) is 11.8 Å². The molecule has 198 valence electrons. The number of esters is 2. The van der Waals surface area contributed by atoms with Gasteiger partial charge in [-0.05, 0) is 84.9 Å². The Morgan fingerprint density at radius 2 is 1.55 bits per heavy atom. The van der Waals surface area contributed by atoms with Crippen molar-refractivity contribution in [1.82, 2.24) is 0 Å². The molecule has 2 aliphatic heterocycles. The monoisotopic (exact) mass is 511 g/mol. The third-order valence-corrected chi connectivity index (χ3v) is 10.1. The lowest BCUT2D eigenvalue weighted by Gasteiger charge is -2.59. The van der Waals surface area contributed by atoms with Crippen LogP contribution in [0.2, 0.25) is 0 Å². The van der Waals surface area contributed by atoms with Gasteiger partial charge in [-0.25, -0.2) is 9.59 Å². The molecule has 2 aromatic rings. The number of carbonyl (C=O) groups is 2. The maximum absolute atomic E-state index is 13.4. The molecule has 5 fully saturated rings. The van der Waals surface area contributed by atoms with Gasteiger partial charge in [-0.1, -0.05) is 57.5 Å². The summed E-state index contributed by atoms with van der Waals surface area (Å²) in [6.45, 7) is 7.54. The van der Waals surface area contributed by atoms with Gasteiger partial charge in [0.25, 0.3) is 5.79 Å². The van der Waals surface area contributed by atoms with Crippen LogP contribution in [-0.2, 0) is 24.5 Å². The third-order valence-electron chi connectivity index (χ3n) is 10.1. The lowest BCUT2D eigenvalue weighted by Crippen LogP contribution is -2.63. The van der Waals surface area contributed by atoms with E-state index in [9.17, 15) is 9.59 Å². The van der Waals surface area contributed by atoms with Gasteiger partial charge in [0, 0.05) is 35.2 Å². The average molecular weight is 512 g/mol. The molecule has 0 N–H and O–H groups in total. The van der Waals surface area contributed by atoms with Crippen molar-refractivity contribution >= 4 is 28.4 Å². The molecule has 0 aromatic heterocycles. The van der Waals surface area contributed by atoms with Crippen molar-refractivity contribution < 1.29 is 19.1 Å². The van der Waals surface area contributed by atoms with E-state index in [1.807, 2.05) is 6.08 Å². The molecule has 2 heterocycles. The van der Waals surface area contributed by atoms with Crippen molar-refractivity contribution in [2.24, 2.45) is 23.7 Å². The van der Waals surface area contributed by atoms with E-state index in [4.69, 9.17) is 9.47 Å². The number of unbranched alkanes of at least 4 members (excludes halogenated alkanes) is 1. The van der Waals surface area contributed by atoms with Gasteiger partial charge in [-0.3, -0.25) is 0 Å². The van der Waals surface area contributed by atoms with E-state index in [1.54, 1.807) is 6.08 Å². The smallest absolute Gasteiger partial charge is 0.348 e. The molecule has 38 heavy (non-hydrogen) atoms. The van der Waals surface area contributed by atoms with E-state index in [0.717, 1.165) is 50.8 Å². The quantitative estimate of drug-likeness (QED) is 0.257. The number of carbonyl (C=O) groups excluding carboxylic acids is 2. The second-order valence-electron chi connectivity index (χ2n) is 12.7. The SMILES string of the molecule is CCCCN1/C(=C/C=C2C(=O)OC3(OC2=O)C2CC4CC(C2)CC3C4)C(C)(C)c2c1ccc1ccccc21. The highest BCUT2D eigenvalue weighted by molar-refractivity contribution is 6.15. The maximum atomic E-state index is 13.4. The van der Waals surface area contributed by atoms with Gasteiger partial charge in [0.15, 0.2) is 0 Å². The fraction of sp³-hybridized carbons (Fsp3) is 0.515. The van der Waals surface area contributed by atoms with Crippen LogP contribution in [-0.4, -0.2) is 24.3 Å². The van der Waals surface area contributed by atoms with Gasteiger partial charge in [0.1, 0.15) is 5.57 Å². The highest BCUT2D eigenvalue weighted by atomic mass is 16.7. The van der Waals surface area contributed by atoms with Gasteiger partial charge in [-0.15, -0.1) is 0 Å². The number of ether oxygens (including phenoxy) is 2. The molecule has 8 rings (SSSR count). The van der Waals surface area contributed by atoms with Crippen LogP contribution in [0, 0.1) is 23.7 Å². The Bertz CT molecular complexity index is 1350. The van der Waals surface area contributed by atoms with Crippen LogP contribution < -0.4 is 4.90 Å². The number of fused-ring (bicyclic) bond motifs is 3. The molecule has 0 radical (unpaired) electrons. The standard InChI is InChI=1S/C33H37NO4/c1-4-5-14-34-27-12-10-22-8-6-7-9-25(22)29(27)32(2,3)28(34)13-11-26-30(35)37-33(38-31(26)36)23-16-20-15-21(18-23)19-24(33)17-20/h6-13,20-21,23-24H,4-5,14-19H2,1-3H3/b26-11?,28-13+. The first kappa shape index (κ1) is 24.0. The van der Waals surface area contributed by atoms with Gasteiger partial charge in [-0.2, -0.15) is 0 Å². The molecular formula is C33H37NO4. The van der Waals surface area contributed by atoms with Crippen molar-refractivity contribution in [3.8, 4) is 0 Å². The van der Waals surface area contributed by atoms with Crippen molar-refractivity contribution in [2.75, 3.05) is 11.4 Å². The Balaban J connectivity index is 1.24. The zero-order valence-electron chi connectivity index (χ0n) is 22.7. The third kappa shape index (κ3) is 3.36. The summed E-state index contributed by atoms with van der Waals surface area (Å²) in [5.41, 5.74) is 3.28. The zero-order valence-corrected chi connectivity index (χ0v) is 22.7. The minimum Gasteiger partial charge on any atom is -0.418 e. The number of hydrogen-bond acceptors (Lipinski definition) is 5. The van der Waals surface area contributed by atoms with Crippen LogP contribution in [0.25, 0.3) is 10.8 Å². The van der Waals surface area contributed by atoms with E-state index in [1.165, 1.54) is 28.4 Å². The Morgan fingerprint density at radius 3 is 2.21 bits per heavy atom. The fourth-order valence-corrected chi connectivity index (χ4v) is 8.57. The number of hydrogen-bond donors (Lipinski definition) is 0. The largest absolute Gasteiger partial charge is 0.418 e. The summed E-state index contributed by atoms with van der Waals surface area (Å²) in [6.07, 6.45) is 11.0. The second-order valence-corrected chi connectivity index (χ2v) is 12.7. The summed E-state index contributed by atoms with van der Waals surface area (Å²) in [6, 6.07) is 12.9. The average Bonchev–Trinajstić information content (AvgIpc) is 3.11. The number of allylic oxidation sites excluding steroid dienone is 3. The first-order valence-electron chi connectivity index (χ1n) is 14.5. The van der Waals surface area contributed by atoms with Crippen LogP contribution >= 0.6 is 0 Å². The van der Waals surface area contributed by atoms with E-state index >= 15 is 0 Å². The molecule has 0 atom stereocenters. The van der Waals surface area contributed by atoms with Crippen molar-refractivity contribution in [3.63, 3.8) is 0 Å². The van der Waals surface area contributed by atoms with Crippen LogP contribution in [0.4, 0.5) is 5.69 Å². The van der Waals surface area contributed by atoms with Gasteiger partial charge in [0.2, 0.25) is 0 Å². The van der Waals surface area contributed by atoms with Crippen LogP contribution in [0.5, 0.6) is 0 Å². The summed E-state index contributed by atoms with van der Waals surface area (Å²) in [5.74, 6) is -0.410. The number of anilines is 1. The van der Waals surface area contributed by atoms with Crippen molar-refractivity contribution in [1.29, 1.82) is 0 Å². The van der Waals surface area contributed by atoms with Gasteiger partial charge in [0.05, 0.1) is 0 Å². The molecule has 0 unspecified atom stereocenters. The second kappa shape index (κ2) is 8.46. The summed E-state index contributed by atoms with van der Waals surface area (Å²) in [7, 11) is 0. The highest BCUT2D eigenvalue weighted by Crippen LogP contribution is 2.61. The van der Waals surface area contributed by atoms with Gasteiger partial charge < -0.3 is 14.4 Å². The van der Waals surface area contributed by atoms with E-state index in [2.05, 4.69) is 62.1 Å². The maximum Gasteiger partial charge on any atom is 0.348 e. The summed E-state index contributed by atoms with van der Waals surface area (Å²) in [5, 5.41) is 2.46. The highest BCUT2D eigenvalue weighted by Gasteiger charge is 2.64. The molecule has 5 nitrogen and oxygen atoms in total. The lowest BCUT2D eigenvalue weighted by atomic mass is 9.53. The predicted molar refractivity (Wildman–Crippen MR) is 147 cm³/mol. The predicted octanol–water partition coefficient (Wildman–Crippen LogP) is 6.80. The van der Waals surface area contributed by atoms with Gasteiger partial charge >= 0.3 is 11.9 Å². The molecule has 1 spiro atoms. The molecule has 2 aromatic carbocycles.